The van der Waals surface area contributed by atoms with Crippen molar-refractivity contribution in [3.63, 3.8) is 0 Å². The summed E-state index contributed by atoms with van der Waals surface area (Å²) in [5.74, 6) is -0.293. The average molecular weight is 431 g/mol. The molecule has 0 spiro atoms. The first-order chi connectivity index (χ1) is 15.4. The standard InChI is InChI=1S/C26H27FN4O/c1-5-19-8-6-7-9-23(19)29-24(32)15-14-22-16(2)28-26-25(17(3)30-31(26)18(22)4)20-10-12-21(27)13-11-20/h6-13H,5,14-15H2,1-4H3,(H,29,32). The molecular weight excluding hydrogens is 403 g/mol. The van der Waals surface area contributed by atoms with E-state index in [2.05, 4.69) is 12.2 Å². The van der Waals surface area contributed by atoms with Crippen molar-refractivity contribution in [2.45, 2.75) is 47.0 Å². The lowest BCUT2D eigenvalue weighted by Gasteiger charge is -2.13. The summed E-state index contributed by atoms with van der Waals surface area (Å²) in [7, 11) is 0. The molecule has 0 fully saturated rings. The number of fused-ring (bicyclic) bond motifs is 1. The molecule has 4 aromatic rings. The van der Waals surface area contributed by atoms with E-state index in [-0.39, 0.29) is 11.7 Å². The molecule has 0 radical (unpaired) electrons. The second-order valence-electron chi connectivity index (χ2n) is 8.02. The molecule has 0 saturated carbocycles. The summed E-state index contributed by atoms with van der Waals surface area (Å²) in [4.78, 5) is 17.4. The van der Waals surface area contributed by atoms with Crippen LogP contribution in [0.15, 0.2) is 48.5 Å². The number of para-hydroxylation sites is 1. The number of hydrogen-bond donors (Lipinski definition) is 1. The molecule has 2 heterocycles. The first-order valence-electron chi connectivity index (χ1n) is 10.9. The number of benzene rings is 2. The van der Waals surface area contributed by atoms with E-state index < -0.39 is 0 Å². The minimum Gasteiger partial charge on any atom is -0.326 e. The summed E-state index contributed by atoms with van der Waals surface area (Å²) < 4.78 is 15.2. The predicted molar refractivity (Wildman–Crippen MR) is 125 cm³/mol. The van der Waals surface area contributed by atoms with Crippen molar-refractivity contribution in [3.8, 4) is 11.1 Å². The molecule has 0 aliphatic rings. The van der Waals surface area contributed by atoms with Gasteiger partial charge in [-0.2, -0.15) is 5.10 Å². The minimum atomic E-state index is -0.273. The normalized spacial score (nSPS) is 11.2. The molecule has 0 saturated heterocycles. The SMILES string of the molecule is CCc1ccccc1NC(=O)CCc1c(C)nc2c(-c3ccc(F)cc3)c(C)nn2c1C. The number of halogens is 1. The van der Waals surface area contributed by atoms with E-state index >= 15 is 0 Å². The Morgan fingerprint density at radius 3 is 2.47 bits per heavy atom. The van der Waals surface area contributed by atoms with Crippen LogP contribution in [0, 0.1) is 26.6 Å². The molecule has 0 atom stereocenters. The van der Waals surface area contributed by atoms with Gasteiger partial charge >= 0.3 is 0 Å². The molecule has 0 aliphatic heterocycles. The van der Waals surface area contributed by atoms with Crippen molar-refractivity contribution >= 4 is 17.2 Å². The van der Waals surface area contributed by atoms with Crippen LogP contribution in [0.3, 0.4) is 0 Å². The molecule has 164 valence electrons. The van der Waals surface area contributed by atoms with E-state index in [1.54, 1.807) is 12.1 Å². The van der Waals surface area contributed by atoms with Crippen molar-refractivity contribution in [2.75, 3.05) is 5.32 Å². The van der Waals surface area contributed by atoms with Gasteiger partial charge in [-0.1, -0.05) is 37.3 Å². The number of anilines is 1. The van der Waals surface area contributed by atoms with E-state index in [0.717, 1.165) is 57.1 Å². The fourth-order valence-electron chi connectivity index (χ4n) is 4.19. The fraction of sp³-hybridized carbons (Fsp3) is 0.269. The van der Waals surface area contributed by atoms with Crippen LogP contribution in [0.1, 0.15) is 41.6 Å². The Morgan fingerprint density at radius 2 is 1.75 bits per heavy atom. The first-order valence-corrected chi connectivity index (χ1v) is 10.9. The molecule has 1 amide bonds. The van der Waals surface area contributed by atoms with E-state index in [1.165, 1.54) is 12.1 Å². The Hall–Kier alpha value is -3.54. The van der Waals surface area contributed by atoms with E-state index in [1.807, 2.05) is 49.6 Å². The summed E-state index contributed by atoms with van der Waals surface area (Å²) in [5.41, 5.74) is 8.20. The quantitative estimate of drug-likeness (QED) is 0.433. The zero-order chi connectivity index (χ0) is 22.8. The number of aromatic nitrogens is 3. The molecule has 5 nitrogen and oxygen atoms in total. The van der Waals surface area contributed by atoms with Crippen LogP contribution in [-0.2, 0) is 17.6 Å². The minimum absolute atomic E-state index is 0.0200. The van der Waals surface area contributed by atoms with Crippen LogP contribution >= 0.6 is 0 Å². The number of rotatable bonds is 6. The number of amides is 1. The zero-order valence-electron chi connectivity index (χ0n) is 18.9. The summed E-state index contributed by atoms with van der Waals surface area (Å²) in [6.45, 7) is 7.97. The molecule has 6 heteroatoms. The monoisotopic (exact) mass is 430 g/mol. The Bertz CT molecular complexity index is 1290. The third-order valence-corrected chi connectivity index (χ3v) is 5.91. The molecule has 32 heavy (non-hydrogen) atoms. The molecule has 0 unspecified atom stereocenters. The maximum atomic E-state index is 13.4. The van der Waals surface area contributed by atoms with Gasteiger partial charge in [-0.3, -0.25) is 4.79 Å². The first kappa shape index (κ1) is 21.7. The van der Waals surface area contributed by atoms with Crippen LogP contribution in [0.5, 0.6) is 0 Å². The maximum Gasteiger partial charge on any atom is 0.224 e. The average Bonchev–Trinajstić information content (AvgIpc) is 3.10. The second kappa shape index (κ2) is 8.91. The highest BCUT2D eigenvalue weighted by Crippen LogP contribution is 2.29. The maximum absolute atomic E-state index is 13.4. The van der Waals surface area contributed by atoms with Crippen molar-refractivity contribution in [1.29, 1.82) is 0 Å². The van der Waals surface area contributed by atoms with Crippen molar-refractivity contribution in [3.05, 3.63) is 82.6 Å². The van der Waals surface area contributed by atoms with Gasteiger partial charge in [0.05, 0.1) is 5.69 Å². The van der Waals surface area contributed by atoms with E-state index in [9.17, 15) is 9.18 Å². The molecule has 1 N–H and O–H groups in total. The lowest BCUT2D eigenvalue weighted by Crippen LogP contribution is -2.15. The van der Waals surface area contributed by atoms with Gasteiger partial charge in [0.25, 0.3) is 0 Å². The number of carbonyl (C=O) groups is 1. The van der Waals surface area contributed by atoms with Gasteiger partial charge in [-0.25, -0.2) is 13.9 Å². The highest BCUT2D eigenvalue weighted by atomic mass is 19.1. The highest BCUT2D eigenvalue weighted by molar-refractivity contribution is 5.91. The van der Waals surface area contributed by atoms with Crippen molar-refractivity contribution < 1.29 is 9.18 Å². The molecule has 4 rings (SSSR count). The van der Waals surface area contributed by atoms with Crippen LogP contribution in [0.4, 0.5) is 10.1 Å². The van der Waals surface area contributed by atoms with Crippen LogP contribution < -0.4 is 5.32 Å². The lowest BCUT2D eigenvalue weighted by atomic mass is 10.0. The Morgan fingerprint density at radius 1 is 1.03 bits per heavy atom. The largest absolute Gasteiger partial charge is 0.326 e. The summed E-state index contributed by atoms with van der Waals surface area (Å²) in [6, 6.07) is 14.3. The topological polar surface area (TPSA) is 59.3 Å². The zero-order valence-corrected chi connectivity index (χ0v) is 18.9. The number of nitrogens with one attached hydrogen (secondary N) is 1. The Balaban J connectivity index is 1.60. The van der Waals surface area contributed by atoms with Crippen LogP contribution in [-0.4, -0.2) is 20.5 Å². The van der Waals surface area contributed by atoms with Crippen LogP contribution in [0.25, 0.3) is 16.8 Å². The summed E-state index contributed by atoms with van der Waals surface area (Å²) >= 11 is 0. The summed E-state index contributed by atoms with van der Waals surface area (Å²) in [6.07, 6.45) is 1.80. The molecule has 2 aromatic carbocycles. The van der Waals surface area contributed by atoms with Gasteiger partial charge in [0, 0.05) is 29.1 Å². The van der Waals surface area contributed by atoms with Gasteiger partial charge in [-0.15, -0.1) is 0 Å². The van der Waals surface area contributed by atoms with Gasteiger partial charge in [-0.05, 0) is 68.5 Å². The number of nitrogens with zero attached hydrogens (tertiary/aromatic N) is 3. The summed E-state index contributed by atoms with van der Waals surface area (Å²) in [5, 5.41) is 7.73. The Kier molecular flexibility index (Phi) is 6.04. The predicted octanol–water partition coefficient (Wildman–Crippen LogP) is 5.59. The van der Waals surface area contributed by atoms with Gasteiger partial charge < -0.3 is 5.32 Å². The molecule has 0 bridgehead atoms. The third-order valence-electron chi connectivity index (χ3n) is 5.91. The smallest absolute Gasteiger partial charge is 0.224 e. The van der Waals surface area contributed by atoms with Crippen molar-refractivity contribution in [1.82, 2.24) is 14.6 Å². The Labute approximate surface area is 187 Å². The third kappa shape index (κ3) is 4.13. The fourth-order valence-corrected chi connectivity index (χ4v) is 4.19. The molecule has 0 aliphatic carbocycles. The van der Waals surface area contributed by atoms with Crippen molar-refractivity contribution in [2.24, 2.45) is 0 Å². The van der Waals surface area contributed by atoms with Gasteiger partial charge in [0.15, 0.2) is 5.65 Å². The van der Waals surface area contributed by atoms with E-state index in [0.29, 0.717) is 12.8 Å². The van der Waals surface area contributed by atoms with Gasteiger partial charge in [0.1, 0.15) is 5.82 Å². The highest BCUT2D eigenvalue weighted by Gasteiger charge is 2.18. The van der Waals surface area contributed by atoms with E-state index in [4.69, 9.17) is 10.1 Å². The molecule has 2 aromatic heterocycles. The number of aryl methyl sites for hydroxylation is 4. The number of hydrogen-bond acceptors (Lipinski definition) is 3. The molecular formula is C26H27FN4O. The second-order valence-corrected chi connectivity index (χ2v) is 8.02. The van der Waals surface area contributed by atoms with Crippen LogP contribution in [0.2, 0.25) is 0 Å². The number of carbonyl (C=O) groups excluding carboxylic acids is 1. The lowest BCUT2D eigenvalue weighted by molar-refractivity contribution is -0.116. The van der Waals surface area contributed by atoms with Gasteiger partial charge in [0.2, 0.25) is 5.91 Å².